The van der Waals surface area contributed by atoms with Crippen molar-refractivity contribution in [3.63, 3.8) is 0 Å². The van der Waals surface area contributed by atoms with Crippen LogP contribution in [0.1, 0.15) is 31.7 Å². The largest absolute Gasteiger partial charge is 0.394 e. The van der Waals surface area contributed by atoms with Crippen LogP contribution < -0.4 is 10.2 Å². The van der Waals surface area contributed by atoms with Crippen LogP contribution in [0.15, 0.2) is 18.2 Å². The van der Waals surface area contributed by atoms with Gasteiger partial charge in [-0.1, -0.05) is 18.5 Å². The Balaban J connectivity index is 1.83. The molecule has 0 radical (unpaired) electrons. The van der Waals surface area contributed by atoms with Crippen molar-refractivity contribution in [3.05, 3.63) is 28.8 Å². The fraction of sp³-hybridized carbons (Fsp3) is 0.625. The monoisotopic (exact) mass is 294 g/mol. The van der Waals surface area contributed by atoms with E-state index < -0.39 is 0 Å². The summed E-state index contributed by atoms with van der Waals surface area (Å²) in [5, 5.41) is 14.0. The van der Waals surface area contributed by atoms with Gasteiger partial charge in [0.1, 0.15) is 0 Å². The number of nitrogens with one attached hydrogen (secondary N) is 1. The van der Waals surface area contributed by atoms with Gasteiger partial charge in [0.15, 0.2) is 0 Å². The molecule has 0 spiro atoms. The summed E-state index contributed by atoms with van der Waals surface area (Å²) in [5.74, 6) is 0.542. The number of aliphatic hydroxyl groups is 1. The van der Waals surface area contributed by atoms with Gasteiger partial charge >= 0.3 is 0 Å². The number of nitrogens with zero attached hydrogens (tertiary/aromatic N) is 1. The first-order valence-corrected chi connectivity index (χ1v) is 7.96. The van der Waals surface area contributed by atoms with Crippen molar-refractivity contribution in [3.8, 4) is 0 Å². The van der Waals surface area contributed by atoms with Crippen LogP contribution in [-0.2, 0) is 6.54 Å². The van der Waals surface area contributed by atoms with Crippen molar-refractivity contribution >= 4 is 17.3 Å². The molecule has 0 amide bonds. The number of anilines is 1. The predicted molar refractivity (Wildman–Crippen MR) is 83.3 cm³/mol. The molecule has 2 unspecified atom stereocenters. The van der Waals surface area contributed by atoms with Gasteiger partial charge in [-0.25, -0.2) is 0 Å². The van der Waals surface area contributed by atoms with Crippen LogP contribution in [0.3, 0.4) is 0 Å². The van der Waals surface area contributed by atoms with E-state index >= 15 is 0 Å². The molecule has 20 heavy (non-hydrogen) atoms. The third kappa shape index (κ3) is 2.95. The first-order chi connectivity index (χ1) is 9.69. The minimum Gasteiger partial charge on any atom is -0.394 e. The molecule has 2 fully saturated rings. The van der Waals surface area contributed by atoms with Gasteiger partial charge in [-0.3, -0.25) is 0 Å². The Morgan fingerprint density at radius 1 is 1.35 bits per heavy atom. The lowest BCUT2D eigenvalue weighted by Crippen LogP contribution is -2.36. The molecule has 0 aromatic heterocycles. The zero-order valence-corrected chi connectivity index (χ0v) is 12.7. The maximum absolute atomic E-state index is 9.66. The van der Waals surface area contributed by atoms with Crippen LogP contribution in [0, 0.1) is 5.92 Å². The molecular formula is C16H23ClN2O. The molecule has 1 saturated heterocycles. The molecule has 1 aromatic carbocycles. The number of halogens is 1. The Bertz CT molecular complexity index is 476. The van der Waals surface area contributed by atoms with Crippen molar-refractivity contribution in [1.29, 1.82) is 0 Å². The molecule has 3 rings (SSSR count). The normalized spacial score (nSPS) is 26.2. The van der Waals surface area contributed by atoms with E-state index in [0.29, 0.717) is 12.0 Å². The van der Waals surface area contributed by atoms with Crippen LogP contribution in [0.4, 0.5) is 5.69 Å². The molecule has 1 heterocycles. The molecule has 0 bridgehead atoms. The second kappa shape index (κ2) is 5.92. The van der Waals surface area contributed by atoms with Gasteiger partial charge in [-0.15, -0.1) is 0 Å². The third-order valence-corrected chi connectivity index (χ3v) is 4.81. The molecule has 3 nitrogen and oxygen atoms in total. The lowest BCUT2D eigenvalue weighted by Gasteiger charge is -2.29. The maximum Gasteiger partial charge on any atom is 0.0637 e. The van der Waals surface area contributed by atoms with E-state index in [1.165, 1.54) is 24.1 Å². The SMILES string of the molecule is CC1CCN(c2ccc(Cl)cc2CNC2CC2)C1CO. The Morgan fingerprint density at radius 3 is 2.85 bits per heavy atom. The molecule has 110 valence electrons. The maximum atomic E-state index is 9.66. The molecular weight excluding hydrogens is 272 g/mol. The van der Waals surface area contributed by atoms with Crippen molar-refractivity contribution in [2.75, 3.05) is 18.1 Å². The van der Waals surface area contributed by atoms with E-state index in [1.54, 1.807) is 0 Å². The van der Waals surface area contributed by atoms with Gasteiger partial charge in [0.05, 0.1) is 12.6 Å². The first-order valence-electron chi connectivity index (χ1n) is 7.58. The molecule has 1 aromatic rings. The minimum absolute atomic E-state index is 0.222. The molecule has 1 aliphatic heterocycles. The van der Waals surface area contributed by atoms with Gasteiger partial charge in [0.2, 0.25) is 0 Å². The van der Waals surface area contributed by atoms with E-state index in [-0.39, 0.29) is 12.6 Å². The fourth-order valence-corrected chi connectivity index (χ4v) is 3.30. The summed E-state index contributed by atoms with van der Waals surface area (Å²) in [4.78, 5) is 2.35. The van der Waals surface area contributed by atoms with Gasteiger partial charge in [-0.2, -0.15) is 0 Å². The Hall–Kier alpha value is -0.770. The van der Waals surface area contributed by atoms with Gasteiger partial charge in [0, 0.05) is 29.8 Å². The highest BCUT2D eigenvalue weighted by molar-refractivity contribution is 6.30. The summed E-state index contributed by atoms with van der Waals surface area (Å²) in [7, 11) is 0. The summed E-state index contributed by atoms with van der Waals surface area (Å²) in [5.41, 5.74) is 2.47. The molecule has 1 saturated carbocycles. The van der Waals surface area contributed by atoms with Crippen molar-refractivity contribution in [1.82, 2.24) is 5.32 Å². The third-order valence-electron chi connectivity index (χ3n) is 4.58. The van der Waals surface area contributed by atoms with E-state index in [9.17, 15) is 5.11 Å². The van der Waals surface area contributed by atoms with Crippen molar-refractivity contribution in [2.45, 2.75) is 44.8 Å². The Morgan fingerprint density at radius 2 is 2.15 bits per heavy atom. The number of benzene rings is 1. The van der Waals surface area contributed by atoms with E-state index in [2.05, 4.69) is 29.3 Å². The summed E-state index contributed by atoms with van der Waals surface area (Å²) >= 11 is 6.16. The summed E-state index contributed by atoms with van der Waals surface area (Å²) in [6, 6.07) is 7.04. The average Bonchev–Trinajstić information content (AvgIpc) is 3.19. The number of hydrogen-bond acceptors (Lipinski definition) is 3. The van der Waals surface area contributed by atoms with Crippen LogP contribution in [0.5, 0.6) is 0 Å². The van der Waals surface area contributed by atoms with Crippen LogP contribution in [0.2, 0.25) is 5.02 Å². The van der Waals surface area contributed by atoms with Crippen molar-refractivity contribution in [2.24, 2.45) is 5.92 Å². The van der Waals surface area contributed by atoms with Gasteiger partial charge in [-0.05, 0) is 48.9 Å². The highest BCUT2D eigenvalue weighted by atomic mass is 35.5. The van der Waals surface area contributed by atoms with Crippen LogP contribution in [-0.4, -0.2) is 30.3 Å². The zero-order chi connectivity index (χ0) is 14.1. The molecule has 4 heteroatoms. The molecule has 1 aliphatic carbocycles. The second-order valence-electron chi connectivity index (χ2n) is 6.14. The fourth-order valence-electron chi connectivity index (χ4n) is 3.10. The summed E-state index contributed by atoms with van der Waals surface area (Å²) < 4.78 is 0. The summed E-state index contributed by atoms with van der Waals surface area (Å²) in [6.45, 7) is 4.33. The van der Waals surface area contributed by atoms with Gasteiger partial charge in [0.25, 0.3) is 0 Å². The quantitative estimate of drug-likeness (QED) is 0.876. The number of hydrogen-bond donors (Lipinski definition) is 2. The lowest BCUT2D eigenvalue weighted by molar-refractivity contribution is 0.244. The first kappa shape index (κ1) is 14.2. The minimum atomic E-state index is 0.222. The van der Waals surface area contributed by atoms with E-state index in [0.717, 1.165) is 24.5 Å². The van der Waals surface area contributed by atoms with E-state index in [4.69, 9.17) is 11.6 Å². The second-order valence-corrected chi connectivity index (χ2v) is 6.57. The molecule has 2 atom stereocenters. The standard InChI is InChI=1S/C16H23ClN2O/c1-11-6-7-19(16(11)10-20)15-5-2-13(17)8-12(15)9-18-14-3-4-14/h2,5,8,11,14,16,18,20H,3-4,6-7,9-10H2,1H3. The summed E-state index contributed by atoms with van der Waals surface area (Å²) in [6.07, 6.45) is 3.72. The van der Waals surface area contributed by atoms with Crippen LogP contribution >= 0.6 is 11.6 Å². The zero-order valence-electron chi connectivity index (χ0n) is 12.0. The Labute approximate surface area is 125 Å². The lowest BCUT2D eigenvalue weighted by atomic mass is 10.0. The molecule has 2 aliphatic rings. The number of rotatable bonds is 5. The number of aliphatic hydroxyl groups excluding tert-OH is 1. The topological polar surface area (TPSA) is 35.5 Å². The Kier molecular flexibility index (Phi) is 4.20. The van der Waals surface area contributed by atoms with Gasteiger partial charge < -0.3 is 15.3 Å². The highest BCUT2D eigenvalue weighted by Crippen LogP contribution is 2.33. The predicted octanol–water partition coefficient (Wildman–Crippen LogP) is 2.80. The highest BCUT2D eigenvalue weighted by Gasteiger charge is 2.32. The van der Waals surface area contributed by atoms with Crippen LogP contribution in [0.25, 0.3) is 0 Å². The molecule has 2 N–H and O–H groups in total. The smallest absolute Gasteiger partial charge is 0.0637 e. The average molecular weight is 295 g/mol. The van der Waals surface area contributed by atoms with Crippen molar-refractivity contribution < 1.29 is 5.11 Å². The van der Waals surface area contributed by atoms with E-state index in [1.807, 2.05) is 6.07 Å².